The zero-order valence-corrected chi connectivity index (χ0v) is 14.5. The third kappa shape index (κ3) is 5.12. The Morgan fingerprint density at radius 2 is 1.88 bits per heavy atom. The number of carbonyl (C=O) groups excluding carboxylic acids is 1. The van der Waals surface area contributed by atoms with Gasteiger partial charge in [-0.3, -0.25) is 4.79 Å². The van der Waals surface area contributed by atoms with Gasteiger partial charge in [-0.15, -0.1) is 0 Å². The number of carbonyl (C=O) groups is 1. The summed E-state index contributed by atoms with van der Waals surface area (Å²) in [5.74, 6) is 0.267. The van der Waals surface area contributed by atoms with Gasteiger partial charge in [-0.2, -0.15) is 5.10 Å². The molecular weight excluding hydrogens is 358 g/mol. The third-order valence-corrected chi connectivity index (χ3v) is 4.47. The molecule has 1 atom stereocenters. The summed E-state index contributed by atoms with van der Waals surface area (Å²) in [5, 5.41) is 8.88. The standard InChI is InChI=1S/C17H17N3O5S/c18-26(22,23)16-7-3-13(4-8-16)17(21)20-19-9-12-1-5-14(6-2-12)24-10-15-11-25-15/h1-9,15H,10-11H2,(H,20,21)(H2,18,22,23)/b19-9+. The number of hydrogen-bond acceptors (Lipinski definition) is 6. The third-order valence-electron chi connectivity index (χ3n) is 3.54. The maximum atomic E-state index is 12.0. The lowest BCUT2D eigenvalue weighted by molar-refractivity contribution is 0.0955. The Balaban J connectivity index is 1.53. The molecule has 9 heteroatoms. The minimum atomic E-state index is -3.79. The lowest BCUT2D eigenvalue weighted by Gasteiger charge is -2.04. The van der Waals surface area contributed by atoms with Gasteiger partial charge in [0, 0.05) is 5.56 Å². The number of nitrogens with two attached hydrogens (primary N) is 1. The molecular formula is C17H17N3O5S. The second-order valence-corrected chi connectivity index (χ2v) is 7.17. The number of epoxide rings is 1. The van der Waals surface area contributed by atoms with Crippen LogP contribution in [0.15, 0.2) is 58.5 Å². The van der Waals surface area contributed by atoms with Crippen LogP contribution in [-0.4, -0.2) is 39.9 Å². The molecule has 0 spiro atoms. The highest BCUT2D eigenvalue weighted by atomic mass is 32.2. The summed E-state index contributed by atoms with van der Waals surface area (Å²) >= 11 is 0. The minimum absolute atomic E-state index is 0.0619. The molecule has 2 aromatic carbocycles. The molecule has 0 bridgehead atoms. The number of sulfonamides is 1. The van der Waals surface area contributed by atoms with E-state index in [2.05, 4.69) is 10.5 Å². The van der Waals surface area contributed by atoms with E-state index in [1.807, 2.05) is 0 Å². The van der Waals surface area contributed by atoms with E-state index in [4.69, 9.17) is 14.6 Å². The van der Waals surface area contributed by atoms with E-state index in [0.717, 1.165) is 17.9 Å². The van der Waals surface area contributed by atoms with Gasteiger partial charge in [-0.05, 0) is 54.1 Å². The molecule has 0 aromatic heterocycles. The topological polar surface area (TPSA) is 123 Å². The maximum Gasteiger partial charge on any atom is 0.271 e. The first-order valence-electron chi connectivity index (χ1n) is 7.72. The highest BCUT2D eigenvalue weighted by Crippen LogP contribution is 2.15. The highest BCUT2D eigenvalue weighted by molar-refractivity contribution is 7.89. The summed E-state index contributed by atoms with van der Waals surface area (Å²) in [6.45, 7) is 1.28. The monoisotopic (exact) mass is 375 g/mol. The Kier molecular flexibility index (Phi) is 5.31. The average molecular weight is 375 g/mol. The first-order valence-corrected chi connectivity index (χ1v) is 9.27. The number of nitrogens with one attached hydrogen (secondary N) is 1. The van der Waals surface area contributed by atoms with Gasteiger partial charge in [0.25, 0.3) is 5.91 Å². The number of ether oxygens (including phenoxy) is 2. The van der Waals surface area contributed by atoms with Crippen LogP contribution in [0.4, 0.5) is 0 Å². The van der Waals surface area contributed by atoms with Crippen molar-refractivity contribution in [2.75, 3.05) is 13.2 Å². The van der Waals surface area contributed by atoms with Crippen LogP contribution >= 0.6 is 0 Å². The summed E-state index contributed by atoms with van der Waals surface area (Å²) in [4.78, 5) is 11.9. The van der Waals surface area contributed by atoms with Crippen molar-refractivity contribution < 1.29 is 22.7 Å². The summed E-state index contributed by atoms with van der Waals surface area (Å²) in [5.41, 5.74) is 3.42. The van der Waals surface area contributed by atoms with E-state index in [1.165, 1.54) is 30.5 Å². The number of primary sulfonamides is 1. The Morgan fingerprint density at radius 3 is 2.46 bits per heavy atom. The molecule has 2 aromatic rings. The molecule has 3 N–H and O–H groups in total. The molecule has 1 fully saturated rings. The first kappa shape index (κ1) is 18.1. The molecule has 1 aliphatic rings. The molecule has 8 nitrogen and oxygen atoms in total. The smallest absolute Gasteiger partial charge is 0.271 e. The van der Waals surface area contributed by atoms with Gasteiger partial charge in [0.15, 0.2) is 0 Å². The highest BCUT2D eigenvalue weighted by Gasteiger charge is 2.22. The summed E-state index contributed by atoms with van der Waals surface area (Å²) in [7, 11) is -3.79. The Morgan fingerprint density at radius 1 is 1.23 bits per heavy atom. The molecule has 1 unspecified atom stereocenters. The van der Waals surface area contributed by atoms with Crippen LogP contribution < -0.4 is 15.3 Å². The lowest BCUT2D eigenvalue weighted by Crippen LogP contribution is -2.18. The van der Waals surface area contributed by atoms with Crippen molar-refractivity contribution in [3.8, 4) is 5.75 Å². The lowest BCUT2D eigenvalue weighted by atomic mass is 10.2. The normalized spacial score (nSPS) is 16.4. The van der Waals surface area contributed by atoms with E-state index >= 15 is 0 Å². The van der Waals surface area contributed by atoms with Crippen molar-refractivity contribution in [3.05, 3.63) is 59.7 Å². The predicted molar refractivity (Wildman–Crippen MR) is 94.6 cm³/mol. The van der Waals surface area contributed by atoms with Gasteiger partial charge in [0.2, 0.25) is 10.0 Å². The van der Waals surface area contributed by atoms with Crippen molar-refractivity contribution in [2.45, 2.75) is 11.0 Å². The Hall–Kier alpha value is -2.75. The van der Waals surface area contributed by atoms with Crippen molar-refractivity contribution in [3.63, 3.8) is 0 Å². The molecule has 0 aliphatic carbocycles. The van der Waals surface area contributed by atoms with Crippen molar-refractivity contribution >= 4 is 22.1 Å². The summed E-state index contributed by atoms with van der Waals surface area (Å²) in [6.07, 6.45) is 1.69. The Bertz CT molecular complexity index is 904. The van der Waals surface area contributed by atoms with Crippen LogP contribution in [0.1, 0.15) is 15.9 Å². The van der Waals surface area contributed by atoms with Crippen LogP contribution in [-0.2, 0) is 14.8 Å². The van der Waals surface area contributed by atoms with Gasteiger partial charge in [-0.25, -0.2) is 19.0 Å². The van der Waals surface area contributed by atoms with Gasteiger partial charge < -0.3 is 9.47 Å². The van der Waals surface area contributed by atoms with Gasteiger partial charge in [-0.1, -0.05) is 0 Å². The molecule has 0 saturated carbocycles. The van der Waals surface area contributed by atoms with E-state index in [9.17, 15) is 13.2 Å². The molecule has 26 heavy (non-hydrogen) atoms. The van der Waals surface area contributed by atoms with Crippen LogP contribution in [0.25, 0.3) is 0 Å². The molecule has 1 aliphatic heterocycles. The quantitative estimate of drug-likeness (QED) is 0.422. The van der Waals surface area contributed by atoms with Crippen LogP contribution in [0.3, 0.4) is 0 Å². The van der Waals surface area contributed by atoms with E-state index in [-0.39, 0.29) is 16.6 Å². The Labute approximate surface area is 150 Å². The summed E-state index contributed by atoms with van der Waals surface area (Å²) < 4.78 is 33.0. The number of benzene rings is 2. The molecule has 3 rings (SSSR count). The largest absolute Gasteiger partial charge is 0.491 e. The second-order valence-electron chi connectivity index (χ2n) is 5.60. The number of hydrazone groups is 1. The van der Waals surface area contributed by atoms with E-state index in [1.54, 1.807) is 24.3 Å². The molecule has 1 saturated heterocycles. The van der Waals surface area contributed by atoms with Gasteiger partial charge in [0.05, 0.1) is 17.7 Å². The molecule has 0 radical (unpaired) electrons. The number of hydrogen-bond donors (Lipinski definition) is 2. The van der Waals surface area contributed by atoms with Crippen LogP contribution in [0.2, 0.25) is 0 Å². The van der Waals surface area contributed by atoms with Gasteiger partial charge in [0.1, 0.15) is 18.5 Å². The van der Waals surface area contributed by atoms with Gasteiger partial charge >= 0.3 is 0 Å². The minimum Gasteiger partial charge on any atom is -0.491 e. The number of rotatable bonds is 7. The SMILES string of the molecule is NS(=O)(=O)c1ccc(C(=O)N/N=C/c2ccc(OCC3CO3)cc2)cc1. The zero-order chi connectivity index (χ0) is 18.6. The van der Waals surface area contributed by atoms with E-state index in [0.29, 0.717) is 6.61 Å². The van der Waals surface area contributed by atoms with Crippen LogP contribution in [0, 0.1) is 0 Å². The molecule has 136 valence electrons. The zero-order valence-electron chi connectivity index (χ0n) is 13.7. The number of nitrogens with zero attached hydrogens (tertiary/aromatic N) is 1. The fraction of sp³-hybridized carbons (Fsp3) is 0.176. The fourth-order valence-electron chi connectivity index (χ4n) is 2.03. The summed E-state index contributed by atoms with van der Waals surface area (Å²) in [6, 6.07) is 12.5. The first-order chi connectivity index (χ1) is 12.4. The number of amides is 1. The van der Waals surface area contributed by atoms with Crippen molar-refractivity contribution in [1.29, 1.82) is 0 Å². The molecule has 1 amide bonds. The fourth-order valence-corrected chi connectivity index (χ4v) is 2.54. The predicted octanol–water partition coefficient (Wildman–Crippen LogP) is 0.875. The average Bonchev–Trinajstić information content (AvgIpc) is 3.45. The maximum absolute atomic E-state index is 12.0. The second kappa shape index (κ2) is 7.65. The van der Waals surface area contributed by atoms with Crippen LogP contribution in [0.5, 0.6) is 5.75 Å². The van der Waals surface area contributed by atoms with E-state index < -0.39 is 15.9 Å². The van der Waals surface area contributed by atoms with Crippen molar-refractivity contribution in [2.24, 2.45) is 10.2 Å². The van der Waals surface area contributed by atoms with Crippen molar-refractivity contribution in [1.82, 2.24) is 5.43 Å². The molecule has 1 heterocycles.